The van der Waals surface area contributed by atoms with Crippen LogP contribution in [0.4, 0.5) is 0 Å². The van der Waals surface area contributed by atoms with Crippen LogP contribution >= 0.6 is 0 Å². The second kappa shape index (κ2) is 9.57. The Morgan fingerprint density at radius 1 is 1.15 bits per heavy atom. The zero-order chi connectivity index (χ0) is 24.3. The molecule has 2 N–H and O–H groups in total. The summed E-state index contributed by atoms with van der Waals surface area (Å²) in [7, 11) is -2.36. The first-order chi connectivity index (χ1) is 15.6. The predicted octanol–water partition coefficient (Wildman–Crippen LogP) is 2.05. The zero-order valence-electron chi connectivity index (χ0n) is 18.7. The van der Waals surface area contributed by atoms with Gasteiger partial charge in [0.25, 0.3) is 10.0 Å². The summed E-state index contributed by atoms with van der Waals surface area (Å²) in [6.07, 6.45) is -0.751. The Labute approximate surface area is 191 Å². The summed E-state index contributed by atoms with van der Waals surface area (Å²) >= 11 is 0. The maximum atomic E-state index is 12.7. The number of hydrogen-bond donors (Lipinski definition) is 2. The number of aryl methyl sites for hydroxylation is 1. The smallest absolute Gasteiger partial charge is 0.339 e. The molecule has 2 aromatic rings. The van der Waals surface area contributed by atoms with Crippen LogP contribution < -0.4 is 4.72 Å². The minimum atomic E-state index is -3.61. The van der Waals surface area contributed by atoms with Gasteiger partial charge in [0.2, 0.25) is 5.78 Å². The van der Waals surface area contributed by atoms with Gasteiger partial charge in [-0.1, -0.05) is 12.1 Å². The number of amidine groups is 1. The van der Waals surface area contributed by atoms with Gasteiger partial charge in [-0.15, -0.1) is 0 Å². The summed E-state index contributed by atoms with van der Waals surface area (Å²) in [5.41, 5.74) is 1.88. The summed E-state index contributed by atoms with van der Waals surface area (Å²) in [4.78, 5) is 44.1. The number of Topliss-reactive ketones (excluding diaryl/α,β-unsaturated/α-hetero) is 1. The van der Waals surface area contributed by atoms with Crippen molar-refractivity contribution in [3.05, 3.63) is 52.3 Å². The summed E-state index contributed by atoms with van der Waals surface area (Å²) in [5, 5.41) is 0. The average molecular weight is 476 g/mol. The second-order valence-corrected chi connectivity index (χ2v) is 9.20. The number of fused-ring (bicyclic) bond motifs is 1. The fourth-order valence-electron chi connectivity index (χ4n) is 3.58. The van der Waals surface area contributed by atoms with Crippen LogP contribution in [0.3, 0.4) is 0 Å². The van der Waals surface area contributed by atoms with Gasteiger partial charge in [0.15, 0.2) is 6.10 Å². The quantitative estimate of drug-likeness (QED) is 0.338. The van der Waals surface area contributed by atoms with E-state index in [0.717, 1.165) is 0 Å². The van der Waals surface area contributed by atoms with E-state index in [2.05, 4.69) is 14.7 Å². The third-order valence-electron chi connectivity index (χ3n) is 5.22. The van der Waals surface area contributed by atoms with E-state index in [9.17, 15) is 22.8 Å². The van der Waals surface area contributed by atoms with Crippen molar-refractivity contribution >= 4 is 33.6 Å². The maximum Gasteiger partial charge on any atom is 0.339 e. The van der Waals surface area contributed by atoms with Gasteiger partial charge in [-0.3, -0.25) is 19.3 Å². The topological polar surface area (TPSA) is 144 Å². The monoisotopic (exact) mass is 475 g/mol. The first-order valence-corrected chi connectivity index (χ1v) is 11.7. The van der Waals surface area contributed by atoms with Gasteiger partial charge in [0.05, 0.1) is 23.3 Å². The molecule has 3 rings (SSSR count). The van der Waals surface area contributed by atoms with Gasteiger partial charge in [-0.2, -0.15) is 0 Å². The first-order valence-electron chi connectivity index (χ1n) is 10.2. The van der Waals surface area contributed by atoms with Gasteiger partial charge in [0, 0.05) is 24.2 Å². The fraction of sp³-hybridized carbons (Fsp3) is 0.364. The Balaban J connectivity index is 1.55. The van der Waals surface area contributed by atoms with E-state index < -0.39 is 33.8 Å². The minimum absolute atomic E-state index is 0.00105. The Hall–Kier alpha value is -3.47. The third-order valence-corrected chi connectivity index (χ3v) is 6.62. The number of aliphatic imine (C=N–C) groups is 1. The molecule has 0 fully saturated rings. The van der Waals surface area contributed by atoms with E-state index in [1.807, 2.05) is 0 Å². The number of hydrogen-bond acceptors (Lipinski definition) is 8. The molecule has 0 radical (unpaired) electrons. The van der Waals surface area contributed by atoms with Crippen molar-refractivity contribution in [1.82, 2.24) is 9.71 Å². The lowest BCUT2D eigenvalue weighted by molar-refractivity contribution is -0.146. The molecule has 0 spiro atoms. The van der Waals surface area contributed by atoms with Crippen molar-refractivity contribution in [3.8, 4) is 0 Å². The number of esters is 2. The summed E-state index contributed by atoms with van der Waals surface area (Å²) in [5.74, 6) is -1.37. The van der Waals surface area contributed by atoms with Crippen LogP contribution in [0.2, 0.25) is 0 Å². The molecule has 0 amide bonds. The van der Waals surface area contributed by atoms with E-state index in [-0.39, 0.29) is 35.0 Å². The van der Waals surface area contributed by atoms with Crippen LogP contribution in [0.15, 0.2) is 34.2 Å². The molecule has 0 saturated heterocycles. The summed E-state index contributed by atoms with van der Waals surface area (Å²) < 4.78 is 36.5. The fourth-order valence-corrected chi connectivity index (χ4v) is 4.83. The largest absolute Gasteiger partial charge is 0.465 e. The number of rotatable bonds is 8. The standard InChI is InChI=1S/C22H25N3O7S/c1-12-18(22(28)31-4)13(2)24-19(12)20(27)14(3)32-17(26)10-7-11-23-21-15-8-5-6-9-16(15)33(29,30)25-21/h5-6,8-9,14,24H,7,10-11H2,1-4H3,(H,23,25). The molecule has 2 heterocycles. The molecule has 0 saturated carbocycles. The second-order valence-electron chi connectivity index (χ2n) is 7.55. The number of nitrogens with one attached hydrogen (secondary N) is 2. The van der Waals surface area contributed by atoms with Gasteiger partial charge >= 0.3 is 11.9 Å². The highest BCUT2D eigenvalue weighted by Gasteiger charge is 2.30. The molecule has 10 nitrogen and oxygen atoms in total. The SMILES string of the molecule is COC(=O)c1c(C)[nH]c(C(=O)C(C)OC(=O)CCCN=C2NS(=O)(=O)c3ccccc32)c1C. The van der Waals surface area contributed by atoms with Crippen LogP contribution in [-0.2, 0) is 24.3 Å². The molecule has 1 atom stereocenters. The van der Waals surface area contributed by atoms with Crippen molar-refractivity contribution < 1.29 is 32.3 Å². The summed E-state index contributed by atoms with van der Waals surface area (Å²) in [6, 6.07) is 6.50. The first kappa shape index (κ1) is 24.2. The minimum Gasteiger partial charge on any atom is -0.465 e. The maximum absolute atomic E-state index is 12.7. The van der Waals surface area contributed by atoms with Crippen molar-refractivity contribution in [2.75, 3.05) is 13.7 Å². The van der Waals surface area contributed by atoms with Crippen molar-refractivity contribution in [1.29, 1.82) is 0 Å². The molecule has 1 aliphatic rings. The number of methoxy groups -OCH3 is 1. The van der Waals surface area contributed by atoms with Crippen molar-refractivity contribution in [2.24, 2.45) is 4.99 Å². The molecule has 176 valence electrons. The Morgan fingerprint density at radius 3 is 2.55 bits per heavy atom. The molecular weight excluding hydrogens is 450 g/mol. The normalized spacial score (nSPS) is 16.1. The lowest BCUT2D eigenvalue weighted by Crippen LogP contribution is -2.25. The molecule has 0 aliphatic carbocycles. The lowest BCUT2D eigenvalue weighted by Gasteiger charge is -2.12. The van der Waals surface area contributed by atoms with E-state index in [4.69, 9.17) is 9.47 Å². The molecule has 33 heavy (non-hydrogen) atoms. The molecule has 1 aromatic heterocycles. The van der Waals surface area contributed by atoms with Gasteiger partial charge < -0.3 is 14.5 Å². The number of aromatic amines is 1. The van der Waals surface area contributed by atoms with Gasteiger partial charge in [0.1, 0.15) is 5.84 Å². The number of aromatic nitrogens is 1. The number of ether oxygens (including phenoxy) is 2. The van der Waals surface area contributed by atoms with Crippen molar-refractivity contribution in [2.45, 2.75) is 44.6 Å². The number of carbonyl (C=O) groups is 3. The van der Waals surface area contributed by atoms with Crippen molar-refractivity contribution in [3.63, 3.8) is 0 Å². The molecular formula is C22H25N3O7S. The molecule has 0 bridgehead atoms. The average Bonchev–Trinajstić information content (AvgIpc) is 3.22. The van der Waals surface area contributed by atoms with Crippen LogP contribution in [0.1, 0.15) is 57.4 Å². The third kappa shape index (κ3) is 4.98. The van der Waals surface area contributed by atoms with E-state index in [1.165, 1.54) is 20.1 Å². The van der Waals surface area contributed by atoms with E-state index in [0.29, 0.717) is 23.2 Å². The highest BCUT2D eigenvalue weighted by molar-refractivity contribution is 7.90. The van der Waals surface area contributed by atoms with Gasteiger partial charge in [-0.25, -0.2) is 13.2 Å². The molecule has 1 aromatic carbocycles. The zero-order valence-corrected chi connectivity index (χ0v) is 19.5. The van der Waals surface area contributed by atoms with Crippen LogP contribution in [-0.4, -0.2) is 56.7 Å². The number of carbonyl (C=O) groups excluding carboxylic acids is 3. The Morgan fingerprint density at radius 2 is 1.85 bits per heavy atom. The molecule has 11 heteroatoms. The number of nitrogens with zero attached hydrogens (tertiary/aromatic N) is 1. The van der Waals surface area contributed by atoms with E-state index in [1.54, 1.807) is 32.0 Å². The number of H-pyrrole nitrogens is 1. The van der Waals surface area contributed by atoms with Crippen LogP contribution in [0.25, 0.3) is 0 Å². The summed E-state index contributed by atoms with van der Waals surface area (Å²) in [6.45, 7) is 4.92. The Kier molecular flexibility index (Phi) is 7.01. The molecule has 1 unspecified atom stereocenters. The molecule has 1 aliphatic heterocycles. The number of benzene rings is 1. The lowest BCUT2D eigenvalue weighted by atomic mass is 10.1. The highest BCUT2D eigenvalue weighted by Crippen LogP contribution is 2.23. The van der Waals surface area contributed by atoms with Crippen LogP contribution in [0.5, 0.6) is 0 Å². The number of sulfonamides is 1. The Bertz CT molecular complexity index is 1240. The highest BCUT2D eigenvalue weighted by atomic mass is 32.2. The number of ketones is 1. The van der Waals surface area contributed by atoms with Gasteiger partial charge in [-0.05, 0) is 44.9 Å². The van der Waals surface area contributed by atoms with E-state index >= 15 is 0 Å². The van der Waals surface area contributed by atoms with Crippen LogP contribution in [0, 0.1) is 13.8 Å². The predicted molar refractivity (Wildman–Crippen MR) is 119 cm³/mol.